The van der Waals surface area contributed by atoms with E-state index in [0.717, 1.165) is 39.5 Å². The van der Waals surface area contributed by atoms with E-state index in [0.29, 0.717) is 0 Å². The molecule has 3 heterocycles. The molecule has 0 unspecified atom stereocenters. The Bertz CT molecular complexity index is 2570. The molecule has 0 aliphatic heterocycles. The van der Waals surface area contributed by atoms with Crippen LogP contribution in [0.1, 0.15) is 11.4 Å². The molecule has 46 heavy (non-hydrogen) atoms. The molecule has 0 atom stereocenters. The van der Waals surface area contributed by atoms with Crippen molar-refractivity contribution in [3.63, 3.8) is 0 Å². The number of rotatable bonds is 4. The quantitative estimate of drug-likeness (QED) is 0.204. The SMILES string of the molecule is Cc1nc(-c2ccccc2)nc(C)c1-n1c2ccccc2c2cc(-c3ccc4c(c3)c3ccccc3n4-c3ccccc3)ccc21. The van der Waals surface area contributed by atoms with Crippen molar-refractivity contribution < 1.29 is 0 Å². The minimum Gasteiger partial charge on any atom is -0.309 e. The van der Waals surface area contributed by atoms with Gasteiger partial charge in [0.25, 0.3) is 0 Å². The van der Waals surface area contributed by atoms with Gasteiger partial charge in [0.1, 0.15) is 0 Å². The monoisotopic (exact) mass is 590 g/mol. The fraction of sp³-hybridized carbons (Fsp3) is 0.0476. The van der Waals surface area contributed by atoms with E-state index in [9.17, 15) is 0 Å². The molecule has 0 aliphatic carbocycles. The molecule has 0 radical (unpaired) electrons. The molecule has 4 heteroatoms. The number of nitrogens with zero attached hydrogens (tertiary/aromatic N) is 4. The van der Waals surface area contributed by atoms with Crippen molar-refractivity contribution in [1.29, 1.82) is 0 Å². The smallest absolute Gasteiger partial charge is 0.159 e. The summed E-state index contributed by atoms with van der Waals surface area (Å²) in [6, 6.07) is 51.9. The molecule has 0 amide bonds. The maximum atomic E-state index is 4.98. The molecular weight excluding hydrogens is 560 g/mol. The van der Waals surface area contributed by atoms with Crippen molar-refractivity contribution in [2.75, 3.05) is 0 Å². The first-order chi connectivity index (χ1) is 22.7. The van der Waals surface area contributed by atoms with Gasteiger partial charge in [-0.3, -0.25) is 0 Å². The van der Waals surface area contributed by atoms with Crippen molar-refractivity contribution in [3.05, 3.63) is 157 Å². The van der Waals surface area contributed by atoms with Gasteiger partial charge in [0.2, 0.25) is 0 Å². The Hall–Kier alpha value is -6.00. The molecule has 0 saturated carbocycles. The van der Waals surface area contributed by atoms with Gasteiger partial charge in [0.05, 0.1) is 39.1 Å². The molecule has 0 fully saturated rings. The average Bonchev–Trinajstić information content (AvgIpc) is 3.61. The molecule has 0 saturated heterocycles. The summed E-state index contributed by atoms with van der Waals surface area (Å²) in [7, 11) is 0. The highest BCUT2D eigenvalue weighted by Crippen LogP contribution is 2.39. The molecule has 0 N–H and O–H groups in total. The van der Waals surface area contributed by atoms with Gasteiger partial charge in [-0.25, -0.2) is 9.97 Å². The highest BCUT2D eigenvalue weighted by Gasteiger charge is 2.19. The molecule has 6 aromatic carbocycles. The number of aryl methyl sites for hydroxylation is 2. The summed E-state index contributed by atoms with van der Waals surface area (Å²) in [5.74, 6) is 0.756. The summed E-state index contributed by atoms with van der Waals surface area (Å²) in [5, 5.41) is 4.94. The van der Waals surface area contributed by atoms with E-state index in [4.69, 9.17) is 9.97 Å². The van der Waals surface area contributed by atoms with Gasteiger partial charge in [-0.15, -0.1) is 0 Å². The van der Waals surface area contributed by atoms with Gasteiger partial charge < -0.3 is 9.13 Å². The van der Waals surface area contributed by atoms with E-state index in [1.807, 2.05) is 18.2 Å². The summed E-state index contributed by atoms with van der Waals surface area (Å²) in [4.78, 5) is 9.97. The second-order valence-electron chi connectivity index (χ2n) is 11.9. The van der Waals surface area contributed by atoms with Crippen molar-refractivity contribution in [1.82, 2.24) is 19.1 Å². The predicted molar refractivity (Wildman–Crippen MR) is 191 cm³/mol. The van der Waals surface area contributed by atoms with E-state index in [2.05, 4.69) is 150 Å². The number of benzene rings is 6. The number of aromatic nitrogens is 4. The number of hydrogen-bond donors (Lipinski definition) is 0. The third-order valence-electron chi connectivity index (χ3n) is 9.18. The maximum Gasteiger partial charge on any atom is 0.159 e. The standard InChI is InChI=1S/C42H30N4/c1-27-41(28(2)44-42(43-27)29-13-5-3-6-14-29)46-38-20-12-10-18-34(38)36-26-31(22-24-40(36)46)30-21-23-39-35(25-30)33-17-9-11-19-37(33)45(39)32-15-7-4-8-16-32/h3-26H,1-2H3. The first-order valence-electron chi connectivity index (χ1n) is 15.7. The van der Waals surface area contributed by atoms with E-state index in [-0.39, 0.29) is 0 Å². The zero-order valence-corrected chi connectivity index (χ0v) is 25.6. The molecule has 9 aromatic rings. The van der Waals surface area contributed by atoms with Crippen molar-refractivity contribution in [2.45, 2.75) is 13.8 Å². The highest BCUT2D eigenvalue weighted by atomic mass is 15.0. The number of hydrogen-bond acceptors (Lipinski definition) is 2. The van der Waals surface area contributed by atoms with Gasteiger partial charge in [-0.05, 0) is 73.5 Å². The summed E-state index contributed by atoms with van der Waals surface area (Å²) >= 11 is 0. The van der Waals surface area contributed by atoms with E-state index < -0.39 is 0 Å². The van der Waals surface area contributed by atoms with Crippen LogP contribution in [0.15, 0.2) is 146 Å². The van der Waals surface area contributed by atoms with Gasteiger partial charge >= 0.3 is 0 Å². The molecule has 9 rings (SSSR count). The number of para-hydroxylation sites is 3. The topological polar surface area (TPSA) is 35.6 Å². The van der Waals surface area contributed by atoms with Gasteiger partial charge in [-0.2, -0.15) is 0 Å². The average molecular weight is 591 g/mol. The lowest BCUT2D eigenvalue weighted by Crippen LogP contribution is -2.06. The predicted octanol–water partition coefficient (Wildman–Crippen LogP) is 10.6. The lowest BCUT2D eigenvalue weighted by molar-refractivity contribution is 0.991. The van der Waals surface area contributed by atoms with Crippen LogP contribution in [0.2, 0.25) is 0 Å². The zero-order valence-electron chi connectivity index (χ0n) is 25.6. The largest absolute Gasteiger partial charge is 0.309 e. The van der Waals surface area contributed by atoms with Crippen LogP contribution in [-0.2, 0) is 0 Å². The van der Waals surface area contributed by atoms with Crippen molar-refractivity contribution in [3.8, 4) is 33.9 Å². The van der Waals surface area contributed by atoms with Crippen LogP contribution in [0.5, 0.6) is 0 Å². The maximum absolute atomic E-state index is 4.98. The van der Waals surface area contributed by atoms with Crippen LogP contribution in [0.4, 0.5) is 0 Å². The van der Waals surface area contributed by atoms with Gasteiger partial charge in [0.15, 0.2) is 5.82 Å². The summed E-state index contributed by atoms with van der Waals surface area (Å²) in [5.41, 5.74) is 12.3. The fourth-order valence-corrected chi connectivity index (χ4v) is 7.15. The third kappa shape index (κ3) is 4.00. The number of fused-ring (bicyclic) bond motifs is 6. The van der Waals surface area contributed by atoms with Crippen LogP contribution in [0, 0.1) is 13.8 Å². The summed E-state index contributed by atoms with van der Waals surface area (Å²) in [6.45, 7) is 4.18. The van der Waals surface area contributed by atoms with Crippen molar-refractivity contribution in [2.24, 2.45) is 0 Å². The fourth-order valence-electron chi connectivity index (χ4n) is 7.15. The van der Waals surface area contributed by atoms with Crippen LogP contribution >= 0.6 is 0 Å². The summed E-state index contributed by atoms with van der Waals surface area (Å²) in [6.07, 6.45) is 0. The first-order valence-corrected chi connectivity index (χ1v) is 15.7. The van der Waals surface area contributed by atoms with Crippen LogP contribution in [0.25, 0.3) is 77.5 Å². The highest BCUT2D eigenvalue weighted by molar-refractivity contribution is 6.12. The second-order valence-corrected chi connectivity index (χ2v) is 11.9. The second kappa shape index (κ2) is 10.3. The molecule has 0 spiro atoms. The van der Waals surface area contributed by atoms with Crippen LogP contribution in [0.3, 0.4) is 0 Å². The Kier molecular flexibility index (Phi) is 5.90. The molecular formula is C42H30N4. The Balaban J connectivity index is 1.23. The normalized spacial score (nSPS) is 11.7. The lowest BCUT2D eigenvalue weighted by Gasteiger charge is -2.15. The Labute approximate surface area is 266 Å². The van der Waals surface area contributed by atoms with Gasteiger partial charge in [0, 0.05) is 32.8 Å². The van der Waals surface area contributed by atoms with Crippen LogP contribution in [-0.4, -0.2) is 19.1 Å². The molecule has 0 bridgehead atoms. The minimum absolute atomic E-state index is 0.756. The van der Waals surface area contributed by atoms with Crippen LogP contribution < -0.4 is 0 Å². The van der Waals surface area contributed by atoms with Crippen molar-refractivity contribution >= 4 is 43.6 Å². The lowest BCUT2D eigenvalue weighted by atomic mass is 10.0. The Morgan fingerprint density at radius 2 is 0.848 bits per heavy atom. The summed E-state index contributed by atoms with van der Waals surface area (Å²) < 4.78 is 4.70. The van der Waals surface area contributed by atoms with Gasteiger partial charge in [-0.1, -0.05) is 97.1 Å². The molecule has 3 aromatic heterocycles. The van der Waals surface area contributed by atoms with E-state index >= 15 is 0 Å². The Morgan fingerprint density at radius 3 is 1.43 bits per heavy atom. The van der Waals surface area contributed by atoms with E-state index in [1.54, 1.807) is 0 Å². The zero-order chi connectivity index (χ0) is 30.8. The third-order valence-corrected chi connectivity index (χ3v) is 9.18. The Morgan fingerprint density at radius 1 is 0.391 bits per heavy atom. The molecule has 218 valence electrons. The molecule has 4 nitrogen and oxygen atoms in total. The first kappa shape index (κ1) is 26.4. The molecule has 0 aliphatic rings. The van der Waals surface area contributed by atoms with E-state index in [1.165, 1.54) is 49.4 Å². The minimum atomic E-state index is 0.756.